The van der Waals surface area contributed by atoms with Crippen molar-refractivity contribution < 1.29 is 19.0 Å². The first-order valence-electron chi connectivity index (χ1n) is 13.6. The quantitative estimate of drug-likeness (QED) is 0.535. The largest absolute Gasteiger partial charge is 0.466 e. The van der Waals surface area contributed by atoms with Crippen LogP contribution in [-0.2, 0) is 31.0 Å². The standard InChI is InChI=1S/C31H38N2O4/c1-5-30(20-36-29(2,3)37-30)18-22-17-23(28(34)35-4)26-31(24-13-9-10-14-25(24)32-26)15-16-33(27(22)31)19-21-11-7-6-8-12-21/h6-14,22,27,32H,5,15-20H2,1-4H3/t22-,27+,30-,31+/m0/s1. The van der Waals surface area contributed by atoms with Crippen molar-refractivity contribution in [2.75, 3.05) is 25.6 Å². The maximum atomic E-state index is 13.3. The van der Waals surface area contributed by atoms with E-state index in [0.717, 1.165) is 49.3 Å². The Balaban J connectivity index is 1.48. The van der Waals surface area contributed by atoms with E-state index in [9.17, 15) is 4.79 Å². The van der Waals surface area contributed by atoms with Crippen LogP contribution in [0.2, 0.25) is 0 Å². The minimum atomic E-state index is -0.602. The van der Waals surface area contributed by atoms with Gasteiger partial charge in [0.05, 0.1) is 30.3 Å². The van der Waals surface area contributed by atoms with E-state index >= 15 is 0 Å². The number of para-hydroxylation sites is 1. The van der Waals surface area contributed by atoms with E-state index in [-0.39, 0.29) is 28.9 Å². The van der Waals surface area contributed by atoms with Crippen LogP contribution in [0.15, 0.2) is 65.9 Å². The third kappa shape index (κ3) is 3.92. The maximum absolute atomic E-state index is 13.3. The van der Waals surface area contributed by atoms with E-state index in [1.165, 1.54) is 18.2 Å². The van der Waals surface area contributed by atoms with Crippen molar-refractivity contribution in [2.45, 2.75) is 75.8 Å². The second-order valence-electron chi connectivity index (χ2n) is 11.6. The third-order valence-electron chi connectivity index (χ3n) is 9.10. The fraction of sp³-hybridized carbons (Fsp3) is 0.516. The number of rotatable bonds is 6. The predicted octanol–water partition coefficient (Wildman–Crippen LogP) is 5.39. The van der Waals surface area contributed by atoms with Crippen LogP contribution in [0, 0.1) is 5.92 Å². The van der Waals surface area contributed by atoms with Gasteiger partial charge in [-0.1, -0.05) is 55.5 Å². The summed E-state index contributed by atoms with van der Waals surface area (Å²) in [4.78, 5) is 15.9. The van der Waals surface area contributed by atoms with Crippen LogP contribution in [-0.4, -0.2) is 48.6 Å². The molecule has 2 saturated heterocycles. The molecule has 0 bridgehead atoms. The summed E-state index contributed by atoms with van der Waals surface area (Å²) in [6.45, 7) is 8.61. The van der Waals surface area contributed by atoms with Crippen molar-refractivity contribution in [3.05, 3.63) is 77.0 Å². The highest BCUT2D eigenvalue weighted by Crippen LogP contribution is 2.60. The number of likely N-dealkylation sites (tertiary alicyclic amines) is 1. The summed E-state index contributed by atoms with van der Waals surface area (Å²) in [5.41, 5.74) is 4.90. The Morgan fingerprint density at radius 1 is 1.14 bits per heavy atom. The van der Waals surface area contributed by atoms with Gasteiger partial charge in [-0.3, -0.25) is 4.90 Å². The third-order valence-corrected chi connectivity index (χ3v) is 9.10. The molecular weight excluding hydrogens is 464 g/mol. The summed E-state index contributed by atoms with van der Waals surface area (Å²) in [7, 11) is 1.49. The van der Waals surface area contributed by atoms with Crippen LogP contribution in [0.4, 0.5) is 5.69 Å². The number of hydrogen-bond acceptors (Lipinski definition) is 6. The number of ether oxygens (including phenoxy) is 3. The van der Waals surface area contributed by atoms with Gasteiger partial charge in [-0.15, -0.1) is 0 Å². The molecule has 6 nitrogen and oxygen atoms in total. The normalized spacial score (nSPS) is 32.0. The lowest BCUT2D eigenvalue weighted by molar-refractivity contribution is -0.167. The fourth-order valence-corrected chi connectivity index (χ4v) is 7.64. The summed E-state index contributed by atoms with van der Waals surface area (Å²) in [6, 6.07) is 19.5. The molecule has 0 aromatic heterocycles. The van der Waals surface area contributed by atoms with Crippen molar-refractivity contribution in [3.8, 4) is 0 Å². The molecule has 2 aromatic carbocycles. The molecule has 0 unspecified atom stereocenters. The Kier molecular flexibility index (Phi) is 5.98. The zero-order valence-electron chi connectivity index (χ0n) is 22.4. The van der Waals surface area contributed by atoms with Gasteiger partial charge < -0.3 is 19.5 Å². The lowest BCUT2D eigenvalue weighted by atomic mass is 9.61. The van der Waals surface area contributed by atoms with Crippen LogP contribution in [0.3, 0.4) is 0 Å². The SMILES string of the molecule is CC[C@]1(C[C@@H]2CC(C(=O)OC)=C3Nc4ccccc4[C@]34CCN(Cc3ccccc3)[C@H]24)COC(C)(C)O1. The maximum Gasteiger partial charge on any atom is 0.335 e. The van der Waals surface area contributed by atoms with Gasteiger partial charge in [0, 0.05) is 30.5 Å². The number of nitrogens with zero attached hydrogens (tertiary/aromatic N) is 1. The number of benzene rings is 2. The monoisotopic (exact) mass is 502 g/mol. The van der Waals surface area contributed by atoms with E-state index in [4.69, 9.17) is 14.2 Å². The molecule has 6 rings (SSSR count). The molecule has 3 aliphatic heterocycles. The van der Waals surface area contributed by atoms with Crippen LogP contribution >= 0.6 is 0 Å². The van der Waals surface area contributed by atoms with Gasteiger partial charge in [0.25, 0.3) is 0 Å². The molecule has 196 valence electrons. The lowest BCUT2D eigenvalue weighted by Gasteiger charge is -2.47. The molecule has 4 aliphatic rings. The van der Waals surface area contributed by atoms with Crippen molar-refractivity contribution in [1.82, 2.24) is 4.90 Å². The highest BCUT2D eigenvalue weighted by Gasteiger charge is 2.62. The van der Waals surface area contributed by atoms with Gasteiger partial charge in [0.15, 0.2) is 5.79 Å². The molecule has 1 N–H and O–H groups in total. The second-order valence-corrected chi connectivity index (χ2v) is 11.6. The number of esters is 1. The summed E-state index contributed by atoms with van der Waals surface area (Å²) in [5.74, 6) is -0.626. The van der Waals surface area contributed by atoms with Crippen LogP contribution in [0.1, 0.15) is 57.6 Å². The minimum Gasteiger partial charge on any atom is -0.466 e. The average molecular weight is 503 g/mol. The van der Waals surface area contributed by atoms with Crippen LogP contribution in [0.25, 0.3) is 0 Å². The highest BCUT2D eigenvalue weighted by molar-refractivity contribution is 5.93. The topological polar surface area (TPSA) is 60.0 Å². The second kappa shape index (κ2) is 8.97. The Bertz CT molecular complexity index is 1220. The Morgan fingerprint density at radius 3 is 2.59 bits per heavy atom. The molecule has 1 spiro atoms. The molecule has 6 heteroatoms. The molecule has 0 radical (unpaired) electrons. The first kappa shape index (κ1) is 24.7. The first-order chi connectivity index (χ1) is 17.8. The number of anilines is 1. The number of hydrogen-bond donors (Lipinski definition) is 1. The zero-order chi connectivity index (χ0) is 25.8. The van der Waals surface area contributed by atoms with Gasteiger partial charge in [-0.05, 0) is 62.6 Å². The molecular formula is C31H38N2O4. The Morgan fingerprint density at radius 2 is 1.89 bits per heavy atom. The van der Waals surface area contributed by atoms with Gasteiger partial charge in [0.1, 0.15) is 0 Å². The van der Waals surface area contributed by atoms with Gasteiger partial charge in [0.2, 0.25) is 0 Å². The number of methoxy groups -OCH3 is 1. The van der Waals surface area contributed by atoms with E-state index in [2.05, 4.69) is 71.7 Å². The Labute approximate surface area is 220 Å². The smallest absolute Gasteiger partial charge is 0.335 e. The van der Waals surface area contributed by atoms with Crippen molar-refractivity contribution in [3.63, 3.8) is 0 Å². The van der Waals surface area contributed by atoms with Gasteiger partial charge in [-0.25, -0.2) is 4.79 Å². The lowest BCUT2D eigenvalue weighted by Crippen LogP contribution is -2.53. The van der Waals surface area contributed by atoms with E-state index in [1.807, 2.05) is 13.8 Å². The summed E-state index contributed by atoms with van der Waals surface area (Å²) < 4.78 is 18.1. The summed E-state index contributed by atoms with van der Waals surface area (Å²) in [5, 5.41) is 3.70. The minimum absolute atomic E-state index is 0.203. The zero-order valence-corrected chi connectivity index (χ0v) is 22.4. The average Bonchev–Trinajstić information content (AvgIpc) is 3.55. The van der Waals surface area contributed by atoms with Crippen molar-refractivity contribution in [2.24, 2.45) is 5.92 Å². The molecule has 37 heavy (non-hydrogen) atoms. The summed E-state index contributed by atoms with van der Waals surface area (Å²) in [6.07, 6.45) is 3.32. The van der Waals surface area contributed by atoms with Crippen molar-refractivity contribution in [1.29, 1.82) is 0 Å². The van der Waals surface area contributed by atoms with E-state index in [0.29, 0.717) is 13.0 Å². The molecule has 0 saturated carbocycles. The highest BCUT2D eigenvalue weighted by atomic mass is 16.8. The van der Waals surface area contributed by atoms with Gasteiger partial charge in [-0.2, -0.15) is 0 Å². The summed E-state index contributed by atoms with van der Waals surface area (Å²) >= 11 is 0. The molecule has 2 fully saturated rings. The molecule has 1 aliphatic carbocycles. The number of nitrogens with one attached hydrogen (secondary N) is 1. The molecule has 0 amide bonds. The van der Waals surface area contributed by atoms with Crippen molar-refractivity contribution >= 4 is 11.7 Å². The molecule has 2 aromatic rings. The first-order valence-corrected chi connectivity index (χ1v) is 13.6. The number of fused-ring (bicyclic) bond motifs is 1. The van der Waals surface area contributed by atoms with Crippen LogP contribution in [0.5, 0.6) is 0 Å². The predicted molar refractivity (Wildman–Crippen MR) is 143 cm³/mol. The Hall–Kier alpha value is -2.67. The molecule has 4 atom stereocenters. The number of carbonyl (C=O) groups is 1. The van der Waals surface area contributed by atoms with Crippen LogP contribution < -0.4 is 5.32 Å². The van der Waals surface area contributed by atoms with Gasteiger partial charge >= 0.3 is 5.97 Å². The van der Waals surface area contributed by atoms with E-state index < -0.39 is 5.79 Å². The number of carbonyl (C=O) groups excluding carboxylic acids is 1. The molecule has 3 heterocycles. The van der Waals surface area contributed by atoms with E-state index in [1.54, 1.807) is 0 Å². The fourth-order valence-electron chi connectivity index (χ4n) is 7.64.